The number of amides is 2. The van der Waals surface area contributed by atoms with E-state index in [1.54, 1.807) is 24.1 Å². The van der Waals surface area contributed by atoms with Crippen molar-refractivity contribution in [1.82, 2.24) is 10.2 Å². The van der Waals surface area contributed by atoms with Gasteiger partial charge in [-0.25, -0.2) is 0 Å². The Morgan fingerprint density at radius 3 is 2.56 bits per heavy atom. The lowest BCUT2D eigenvalue weighted by atomic mass is 9.97. The largest absolute Gasteiger partial charge is 0.356 e. The minimum atomic E-state index is -0.771. The van der Waals surface area contributed by atoms with Crippen LogP contribution in [0.15, 0.2) is 54.6 Å². The summed E-state index contributed by atoms with van der Waals surface area (Å²) in [6.45, 7) is 0.300. The summed E-state index contributed by atoms with van der Waals surface area (Å²) in [6, 6.07) is 16.2. The molecule has 1 aliphatic rings. The first-order chi connectivity index (χ1) is 12.1. The van der Waals surface area contributed by atoms with Crippen molar-refractivity contribution in [2.24, 2.45) is 0 Å². The van der Waals surface area contributed by atoms with Gasteiger partial charge in [0.15, 0.2) is 6.10 Å². The van der Waals surface area contributed by atoms with E-state index in [-0.39, 0.29) is 18.4 Å². The zero-order valence-corrected chi connectivity index (χ0v) is 14.6. The predicted molar refractivity (Wildman–Crippen MR) is 95.0 cm³/mol. The molecule has 6 heteroatoms. The summed E-state index contributed by atoms with van der Waals surface area (Å²) in [7, 11) is 1.68. The summed E-state index contributed by atoms with van der Waals surface area (Å²) in [5, 5.41) is 3.48. The molecule has 1 fully saturated rings. The Balaban J connectivity index is 1.78. The third-order valence-electron chi connectivity index (χ3n) is 4.26. The van der Waals surface area contributed by atoms with Gasteiger partial charge in [-0.1, -0.05) is 54.1 Å². The van der Waals surface area contributed by atoms with Crippen molar-refractivity contribution >= 4 is 23.4 Å². The normalized spacial score (nSPS) is 20.4. The second kappa shape index (κ2) is 7.68. The minimum absolute atomic E-state index is 0.107. The molecule has 0 saturated carbocycles. The Morgan fingerprint density at radius 2 is 1.88 bits per heavy atom. The number of benzene rings is 2. The average molecular weight is 359 g/mol. The minimum Gasteiger partial charge on any atom is -0.356 e. The van der Waals surface area contributed by atoms with E-state index >= 15 is 0 Å². The second-order valence-corrected chi connectivity index (χ2v) is 6.37. The maximum Gasteiger partial charge on any atom is 0.251 e. The predicted octanol–water partition coefficient (Wildman–Crippen LogP) is 2.55. The van der Waals surface area contributed by atoms with Gasteiger partial charge in [0, 0.05) is 18.6 Å². The molecule has 2 amide bonds. The van der Waals surface area contributed by atoms with Crippen LogP contribution in [0.3, 0.4) is 0 Å². The molecule has 2 aromatic rings. The van der Waals surface area contributed by atoms with Crippen molar-refractivity contribution in [3.63, 3.8) is 0 Å². The molecule has 2 aromatic carbocycles. The highest BCUT2D eigenvalue weighted by Gasteiger charge is 2.39. The van der Waals surface area contributed by atoms with Crippen LogP contribution in [0.5, 0.6) is 0 Å². The van der Waals surface area contributed by atoms with Gasteiger partial charge in [-0.3, -0.25) is 9.59 Å². The number of nitrogens with zero attached hydrogens (tertiary/aromatic N) is 1. The first-order valence-electron chi connectivity index (χ1n) is 8.00. The fraction of sp³-hybridized carbons (Fsp3) is 0.263. The van der Waals surface area contributed by atoms with Crippen LogP contribution in [-0.4, -0.2) is 36.5 Å². The zero-order chi connectivity index (χ0) is 17.8. The van der Waals surface area contributed by atoms with E-state index in [0.29, 0.717) is 11.6 Å². The second-order valence-electron chi connectivity index (χ2n) is 5.94. The van der Waals surface area contributed by atoms with Gasteiger partial charge in [-0.15, -0.1) is 0 Å². The quantitative estimate of drug-likeness (QED) is 0.913. The number of morpholine rings is 1. The van der Waals surface area contributed by atoms with Crippen LogP contribution in [0.2, 0.25) is 5.02 Å². The smallest absolute Gasteiger partial charge is 0.251 e. The number of likely N-dealkylation sites (N-methyl/N-ethyl adjacent to an activating group) is 1. The van der Waals surface area contributed by atoms with E-state index in [4.69, 9.17) is 16.3 Å². The Labute approximate surface area is 151 Å². The highest BCUT2D eigenvalue weighted by atomic mass is 35.5. The molecule has 3 rings (SSSR count). The number of hydrogen-bond acceptors (Lipinski definition) is 3. The number of carbonyl (C=O) groups is 2. The van der Waals surface area contributed by atoms with Crippen molar-refractivity contribution in [2.45, 2.75) is 18.7 Å². The molecule has 2 atom stereocenters. The summed E-state index contributed by atoms with van der Waals surface area (Å²) in [5.74, 6) is -0.407. The topological polar surface area (TPSA) is 58.6 Å². The van der Waals surface area contributed by atoms with Gasteiger partial charge in [-0.2, -0.15) is 0 Å². The maximum atomic E-state index is 12.7. The Morgan fingerprint density at radius 1 is 1.20 bits per heavy atom. The standard InChI is InChI=1S/C19H19ClN2O3/c1-22-16(23)12-25-18(17(22)14-7-9-15(20)10-8-14)19(24)21-11-13-5-3-2-4-6-13/h2-10,17-18H,11-12H2,1H3,(H,21,24)/t17-,18+/m1/s1. The molecule has 5 nitrogen and oxygen atoms in total. The van der Waals surface area contributed by atoms with E-state index in [2.05, 4.69) is 5.32 Å². The molecule has 1 aliphatic heterocycles. The molecule has 1 heterocycles. The summed E-state index contributed by atoms with van der Waals surface area (Å²) in [4.78, 5) is 26.3. The number of hydrogen-bond donors (Lipinski definition) is 1. The SMILES string of the molecule is CN1C(=O)CO[C@H](C(=O)NCc2ccccc2)[C@H]1c1ccc(Cl)cc1. The van der Waals surface area contributed by atoms with Crippen LogP contribution in [0, 0.1) is 0 Å². The number of halogens is 1. The van der Waals surface area contributed by atoms with Crippen LogP contribution < -0.4 is 5.32 Å². The van der Waals surface area contributed by atoms with Crippen LogP contribution in [0.4, 0.5) is 0 Å². The molecule has 0 aliphatic carbocycles. The van der Waals surface area contributed by atoms with Crippen molar-refractivity contribution in [3.05, 3.63) is 70.7 Å². The fourth-order valence-electron chi connectivity index (χ4n) is 2.88. The van der Waals surface area contributed by atoms with Gasteiger partial charge >= 0.3 is 0 Å². The number of rotatable bonds is 4. The molecule has 0 unspecified atom stereocenters. The molecular formula is C19H19ClN2O3. The van der Waals surface area contributed by atoms with E-state index < -0.39 is 12.1 Å². The van der Waals surface area contributed by atoms with Gasteiger partial charge in [0.1, 0.15) is 6.61 Å². The van der Waals surface area contributed by atoms with Crippen LogP contribution in [0.25, 0.3) is 0 Å². The van der Waals surface area contributed by atoms with E-state index in [9.17, 15) is 9.59 Å². The number of nitrogens with one attached hydrogen (secondary N) is 1. The van der Waals surface area contributed by atoms with E-state index in [1.165, 1.54) is 0 Å². The Hall–Kier alpha value is -2.37. The number of ether oxygens (including phenoxy) is 1. The van der Waals surface area contributed by atoms with Crippen molar-refractivity contribution in [2.75, 3.05) is 13.7 Å². The average Bonchev–Trinajstić information content (AvgIpc) is 2.63. The molecule has 0 bridgehead atoms. The molecular weight excluding hydrogens is 340 g/mol. The van der Waals surface area contributed by atoms with Crippen LogP contribution in [-0.2, 0) is 20.9 Å². The molecule has 0 aromatic heterocycles. The molecule has 0 radical (unpaired) electrons. The fourth-order valence-corrected chi connectivity index (χ4v) is 3.00. The Kier molecular flexibility index (Phi) is 5.36. The monoisotopic (exact) mass is 358 g/mol. The first-order valence-corrected chi connectivity index (χ1v) is 8.38. The van der Waals surface area contributed by atoms with E-state index in [0.717, 1.165) is 11.1 Å². The first kappa shape index (κ1) is 17.5. The van der Waals surface area contributed by atoms with Crippen molar-refractivity contribution in [3.8, 4) is 0 Å². The van der Waals surface area contributed by atoms with Gasteiger partial charge in [0.25, 0.3) is 5.91 Å². The lowest BCUT2D eigenvalue weighted by Gasteiger charge is -2.38. The highest BCUT2D eigenvalue weighted by molar-refractivity contribution is 6.30. The van der Waals surface area contributed by atoms with Gasteiger partial charge in [0.05, 0.1) is 6.04 Å². The van der Waals surface area contributed by atoms with Crippen LogP contribution in [0.1, 0.15) is 17.2 Å². The summed E-state index contributed by atoms with van der Waals surface area (Å²) in [6.07, 6.45) is -0.771. The van der Waals surface area contributed by atoms with Gasteiger partial charge in [-0.05, 0) is 23.3 Å². The molecule has 1 N–H and O–H groups in total. The summed E-state index contributed by atoms with van der Waals surface area (Å²) < 4.78 is 5.57. The lowest BCUT2D eigenvalue weighted by molar-refractivity contribution is -0.162. The third-order valence-corrected chi connectivity index (χ3v) is 4.52. The molecule has 25 heavy (non-hydrogen) atoms. The van der Waals surface area contributed by atoms with E-state index in [1.807, 2.05) is 42.5 Å². The van der Waals surface area contributed by atoms with Crippen LogP contribution >= 0.6 is 11.6 Å². The maximum absolute atomic E-state index is 12.7. The number of carbonyl (C=O) groups excluding carboxylic acids is 2. The summed E-state index contributed by atoms with van der Waals surface area (Å²) >= 11 is 5.94. The van der Waals surface area contributed by atoms with Crippen molar-refractivity contribution in [1.29, 1.82) is 0 Å². The van der Waals surface area contributed by atoms with Gasteiger partial charge < -0.3 is 15.0 Å². The zero-order valence-electron chi connectivity index (χ0n) is 13.8. The highest BCUT2D eigenvalue weighted by Crippen LogP contribution is 2.30. The molecule has 0 spiro atoms. The molecule has 130 valence electrons. The van der Waals surface area contributed by atoms with Crippen molar-refractivity contribution < 1.29 is 14.3 Å². The third kappa shape index (κ3) is 4.00. The molecule has 1 saturated heterocycles. The van der Waals surface area contributed by atoms with Gasteiger partial charge in [0.2, 0.25) is 5.91 Å². The lowest BCUT2D eigenvalue weighted by Crippen LogP contribution is -2.52. The summed E-state index contributed by atoms with van der Waals surface area (Å²) in [5.41, 5.74) is 1.80. The Bertz CT molecular complexity index is 749.